The standard InChI is InChI=1S/C23H29F2NO/c1-6-7-8-9-17-21(16-10-11-19(24)20(25)12-16)18(13-27)23(15(4)5)26-22(17)14(2)3/h8-12,14-15,27H,6-7,13H2,1-5H3/b9-8+. The van der Waals surface area contributed by atoms with Crippen molar-refractivity contribution in [1.82, 2.24) is 4.98 Å². The maximum Gasteiger partial charge on any atom is 0.159 e. The quantitative estimate of drug-likeness (QED) is 0.595. The molecular weight excluding hydrogens is 344 g/mol. The number of unbranched alkanes of at least 4 members (excludes halogenated alkanes) is 1. The molecule has 2 nitrogen and oxygen atoms in total. The fourth-order valence-electron chi connectivity index (χ4n) is 3.27. The molecule has 1 N–H and O–H groups in total. The van der Waals surface area contributed by atoms with Crippen LogP contribution in [0.2, 0.25) is 0 Å². The van der Waals surface area contributed by atoms with Crippen molar-refractivity contribution in [3.05, 3.63) is 58.4 Å². The summed E-state index contributed by atoms with van der Waals surface area (Å²) >= 11 is 0. The fraction of sp³-hybridized carbons (Fsp3) is 0.435. The van der Waals surface area contributed by atoms with E-state index >= 15 is 0 Å². The van der Waals surface area contributed by atoms with Gasteiger partial charge in [0.25, 0.3) is 0 Å². The number of hydrogen-bond acceptors (Lipinski definition) is 2. The molecule has 0 spiro atoms. The van der Waals surface area contributed by atoms with Crippen LogP contribution in [0.1, 0.15) is 81.8 Å². The van der Waals surface area contributed by atoms with Gasteiger partial charge < -0.3 is 5.11 Å². The maximum absolute atomic E-state index is 14.0. The Kier molecular flexibility index (Phi) is 7.25. The van der Waals surface area contributed by atoms with E-state index in [0.29, 0.717) is 11.1 Å². The van der Waals surface area contributed by atoms with E-state index < -0.39 is 11.6 Å². The number of rotatable bonds is 7. The third-order valence-electron chi connectivity index (χ3n) is 4.60. The first-order valence-electron chi connectivity index (χ1n) is 9.61. The zero-order valence-electron chi connectivity index (χ0n) is 16.8. The number of hydrogen-bond donors (Lipinski definition) is 1. The predicted octanol–water partition coefficient (Wildman–Crippen LogP) is 6.58. The van der Waals surface area contributed by atoms with Crippen molar-refractivity contribution in [1.29, 1.82) is 0 Å². The fourth-order valence-corrected chi connectivity index (χ4v) is 3.27. The van der Waals surface area contributed by atoms with Gasteiger partial charge in [-0.1, -0.05) is 59.3 Å². The number of allylic oxidation sites excluding steroid dienone is 1. The van der Waals surface area contributed by atoms with Gasteiger partial charge in [-0.25, -0.2) is 8.78 Å². The molecule has 0 bridgehead atoms. The average molecular weight is 373 g/mol. The van der Waals surface area contributed by atoms with E-state index in [9.17, 15) is 13.9 Å². The lowest BCUT2D eigenvalue weighted by Gasteiger charge is -2.23. The molecule has 146 valence electrons. The SMILES string of the molecule is CCC/C=C/c1c(C(C)C)nc(C(C)C)c(CO)c1-c1ccc(F)c(F)c1. The molecule has 2 aromatic rings. The van der Waals surface area contributed by atoms with E-state index in [1.807, 2.05) is 19.9 Å². The van der Waals surface area contributed by atoms with Crippen molar-refractivity contribution < 1.29 is 13.9 Å². The van der Waals surface area contributed by atoms with Crippen LogP contribution in [0.3, 0.4) is 0 Å². The molecule has 1 heterocycles. The molecule has 0 amide bonds. The lowest BCUT2D eigenvalue weighted by Crippen LogP contribution is -2.10. The van der Waals surface area contributed by atoms with Gasteiger partial charge in [-0.05, 0) is 41.5 Å². The highest BCUT2D eigenvalue weighted by atomic mass is 19.2. The van der Waals surface area contributed by atoms with E-state index in [-0.39, 0.29) is 18.4 Å². The molecule has 0 aliphatic heterocycles. The van der Waals surface area contributed by atoms with E-state index in [4.69, 9.17) is 4.98 Å². The Morgan fingerprint density at radius 1 is 1.04 bits per heavy atom. The number of halogens is 2. The number of benzene rings is 1. The Labute approximate surface area is 161 Å². The summed E-state index contributed by atoms with van der Waals surface area (Å²) in [5.74, 6) is -1.52. The van der Waals surface area contributed by atoms with Crippen molar-refractivity contribution in [2.45, 2.75) is 65.9 Å². The number of aliphatic hydroxyl groups is 1. The monoisotopic (exact) mass is 373 g/mol. The Morgan fingerprint density at radius 2 is 1.70 bits per heavy atom. The van der Waals surface area contributed by atoms with Gasteiger partial charge in [-0.15, -0.1) is 0 Å². The van der Waals surface area contributed by atoms with E-state index in [0.717, 1.165) is 41.4 Å². The van der Waals surface area contributed by atoms with Crippen molar-refractivity contribution >= 4 is 6.08 Å². The van der Waals surface area contributed by atoms with Crippen LogP contribution in [0, 0.1) is 11.6 Å². The average Bonchev–Trinajstić information content (AvgIpc) is 2.62. The molecule has 0 atom stereocenters. The van der Waals surface area contributed by atoms with Crippen LogP contribution in [0.15, 0.2) is 24.3 Å². The van der Waals surface area contributed by atoms with Crippen molar-refractivity contribution in [3.63, 3.8) is 0 Å². The lowest BCUT2D eigenvalue weighted by atomic mass is 9.87. The summed E-state index contributed by atoms with van der Waals surface area (Å²) < 4.78 is 27.5. The summed E-state index contributed by atoms with van der Waals surface area (Å²) in [5, 5.41) is 10.1. The Balaban J connectivity index is 2.91. The van der Waals surface area contributed by atoms with Crippen molar-refractivity contribution in [3.8, 4) is 11.1 Å². The minimum Gasteiger partial charge on any atom is -0.392 e. The number of aromatic nitrogens is 1. The van der Waals surface area contributed by atoms with Gasteiger partial charge in [0.05, 0.1) is 12.3 Å². The normalized spacial score (nSPS) is 11.9. The van der Waals surface area contributed by atoms with E-state index in [1.165, 1.54) is 6.07 Å². The Hall–Kier alpha value is -2.07. The van der Waals surface area contributed by atoms with Crippen molar-refractivity contribution in [2.75, 3.05) is 0 Å². The van der Waals surface area contributed by atoms with Crippen LogP contribution >= 0.6 is 0 Å². The van der Waals surface area contributed by atoms with Crippen LogP contribution < -0.4 is 0 Å². The third-order valence-corrected chi connectivity index (χ3v) is 4.60. The molecular formula is C23H29F2NO. The summed E-state index contributed by atoms with van der Waals surface area (Å²) in [6.07, 6.45) is 6.00. The van der Waals surface area contributed by atoms with Crippen LogP contribution in [-0.2, 0) is 6.61 Å². The van der Waals surface area contributed by atoms with Crippen LogP contribution in [0.4, 0.5) is 8.78 Å². The number of aliphatic hydroxyl groups excluding tert-OH is 1. The zero-order valence-corrected chi connectivity index (χ0v) is 16.8. The smallest absolute Gasteiger partial charge is 0.159 e. The minimum atomic E-state index is -0.895. The minimum absolute atomic E-state index is 0.0994. The molecule has 0 saturated heterocycles. The summed E-state index contributed by atoms with van der Waals surface area (Å²) in [4.78, 5) is 4.87. The highest BCUT2D eigenvalue weighted by Gasteiger charge is 2.22. The number of nitrogens with zero attached hydrogens (tertiary/aromatic N) is 1. The van der Waals surface area contributed by atoms with Crippen LogP contribution in [0.25, 0.3) is 17.2 Å². The van der Waals surface area contributed by atoms with Gasteiger partial charge in [-0.2, -0.15) is 0 Å². The Bertz CT molecular complexity index is 826. The summed E-state index contributed by atoms with van der Waals surface area (Å²) in [7, 11) is 0. The summed E-state index contributed by atoms with van der Waals surface area (Å²) in [6, 6.07) is 3.91. The molecule has 2 rings (SSSR count). The molecule has 0 radical (unpaired) electrons. The van der Waals surface area contributed by atoms with E-state index in [2.05, 4.69) is 26.8 Å². The zero-order chi connectivity index (χ0) is 20.1. The molecule has 0 aliphatic rings. The lowest BCUT2D eigenvalue weighted by molar-refractivity contribution is 0.280. The molecule has 1 aromatic heterocycles. The number of pyridine rings is 1. The van der Waals surface area contributed by atoms with Gasteiger partial charge in [0.1, 0.15) is 0 Å². The topological polar surface area (TPSA) is 33.1 Å². The first-order chi connectivity index (χ1) is 12.8. The van der Waals surface area contributed by atoms with E-state index in [1.54, 1.807) is 6.07 Å². The largest absolute Gasteiger partial charge is 0.392 e. The molecule has 4 heteroatoms. The van der Waals surface area contributed by atoms with Gasteiger partial charge in [0.15, 0.2) is 11.6 Å². The summed E-state index contributed by atoms with van der Waals surface area (Å²) in [5.41, 5.74) is 4.55. The second-order valence-electron chi connectivity index (χ2n) is 7.44. The molecule has 0 saturated carbocycles. The first-order valence-corrected chi connectivity index (χ1v) is 9.61. The van der Waals surface area contributed by atoms with Gasteiger partial charge in [0.2, 0.25) is 0 Å². The highest BCUT2D eigenvalue weighted by molar-refractivity contribution is 5.80. The molecule has 27 heavy (non-hydrogen) atoms. The van der Waals surface area contributed by atoms with Gasteiger partial charge in [-0.3, -0.25) is 4.98 Å². The predicted molar refractivity (Wildman–Crippen MR) is 108 cm³/mol. The highest BCUT2D eigenvalue weighted by Crippen LogP contribution is 2.37. The molecule has 1 aromatic carbocycles. The van der Waals surface area contributed by atoms with Crippen LogP contribution in [-0.4, -0.2) is 10.1 Å². The first kappa shape index (κ1) is 21.2. The molecule has 0 fully saturated rings. The molecule has 0 unspecified atom stereocenters. The van der Waals surface area contributed by atoms with Crippen molar-refractivity contribution in [2.24, 2.45) is 0 Å². The Morgan fingerprint density at radius 3 is 2.22 bits per heavy atom. The second-order valence-corrected chi connectivity index (χ2v) is 7.44. The van der Waals surface area contributed by atoms with Gasteiger partial charge in [0, 0.05) is 16.8 Å². The molecule has 0 aliphatic carbocycles. The van der Waals surface area contributed by atoms with Crippen LogP contribution in [0.5, 0.6) is 0 Å². The van der Waals surface area contributed by atoms with Gasteiger partial charge >= 0.3 is 0 Å². The maximum atomic E-state index is 14.0. The third kappa shape index (κ3) is 4.62. The summed E-state index contributed by atoms with van der Waals surface area (Å²) in [6.45, 7) is 10.1. The second kappa shape index (κ2) is 9.23.